The fourth-order valence-electron chi connectivity index (χ4n) is 1.72. The van der Waals surface area contributed by atoms with Gasteiger partial charge < -0.3 is 9.64 Å². The molecule has 0 unspecified atom stereocenters. The molecule has 0 bridgehead atoms. The molecule has 1 heterocycles. The topological polar surface area (TPSA) is 32.8 Å². The van der Waals surface area contributed by atoms with E-state index >= 15 is 0 Å². The van der Waals surface area contributed by atoms with E-state index < -0.39 is 5.60 Å². The SMILES string of the molecule is CN(C1CN(C(=O)OC(C)(C)C)C1)C(C)(C)C. The first kappa shape index (κ1) is 14.3. The molecule has 4 nitrogen and oxygen atoms in total. The molecule has 4 heteroatoms. The Morgan fingerprint density at radius 1 is 1.18 bits per heavy atom. The minimum atomic E-state index is -0.405. The maximum Gasteiger partial charge on any atom is 0.410 e. The van der Waals surface area contributed by atoms with Gasteiger partial charge in [-0.05, 0) is 48.6 Å². The summed E-state index contributed by atoms with van der Waals surface area (Å²) in [6, 6.07) is 0.447. The Balaban J connectivity index is 2.40. The summed E-state index contributed by atoms with van der Waals surface area (Å²) >= 11 is 0. The standard InChI is InChI=1S/C13H26N2O2/c1-12(2,3)14(7)10-8-15(9-10)11(16)17-13(4,5)6/h10H,8-9H2,1-7H3. The van der Waals surface area contributed by atoms with E-state index in [1.807, 2.05) is 20.8 Å². The zero-order valence-electron chi connectivity index (χ0n) is 12.2. The van der Waals surface area contributed by atoms with E-state index in [2.05, 4.69) is 32.7 Å². The Morgan fingerprint density at radius 2 is 1.65 bits per heavy atom. The molecule has 17 heavy (non-hydrogen) atoms. The van der Waals surface area contributed by atoms with Crippen molar-refractivity contribution in [2.75, 3.05) is 20.1 Å². The van der Waals surface area contributed by atoms with Crippen LogP contribution in [-0.4, -0.2) is 53.2 Å². The van der Waals surface area contributed by atoms with E-state index in [1.165, 1.54) is 0 Å². The van der Waals surface area contributed by atoms with Gasteiger partial charge in [-0.2, -0.15) is 0 Å². The van der Waals surface area contributed by atoms with Crippen molar-refractivity contribution in [3.63, 3.8) is 0 Å². The largest absolute Gasteiger partial charge is 0.444 e. The summed E-state index contributed by atoms with van der Waals surface area (Å²) in [7, 11) is 2.11. The van der Waals surface area contributed by atoms with Crippen LogP contribution in [0.1, 0.15) is 41.5 Å². The van der Waals surface area contributed by atoms with Crippen molar-refractivity contribution in [3.8, 4) is 0 Å². The maximum absolute atomic E-state index is 11.7. The van der Waals surface area contributed by atoms with Crippen LogP contribution in [-0.2, 0) is 4.74 Å². The van der Waals surface area contributed by atoms with E-state index in [0.717, 1.165) is 13.1 Å². The number of likely N-dealkylation sites (N-methyl/N-ethyl adjacent to an activating group) is 1. The fourth-order valence-corrected chi connectivity index (χ4v) is 1.72. The van der Waals surface area contributed by atoms with Gasteiger partial charge in [-0.3, -0.25) is 4.90 Å². The normalized spacial score (nSPS) is 18.2. The van der Waals surface area contributed by atoms with Gasteiger partial charge in [-0.15, -0.1) is 0 Å². The van der Waals surface area contributed by atoms with Crippen molar-refractivity contribution in [1.29, 1.82) is 0 Å². The lowest BCUT2D eigenvalue weighted by Gasteiger charge is -2.48. The number of ether oxygens (including phenoxy) is 1. The van der Waals surface area contributed by atoms with Crippen molar-refractivity contribution in [3.05, 3.63) is 0 Å². The molecule has 0 aromatic rings. The highest BCUT2D eigenvalue weighted by molar-refractivity contribution is 5.69. The first-order chi connectivity index (χ1) is 7.50. The van der Waals surface area contributed by atoms with Gasteiger partial charge >= 0.3 is 6.09 Å². The highest BCUT2D eigenvalue weighted by Crippen LogP contribution is 2.23. The van der Waals surface area contributed by atoms with Crippen LogP contribution < -0.4 is 0 Å². The summed E-state index contributed by atoms with van der Waals surface area (Å²) in [6.07, 6.45) is -0.198. The number of hydrogen-bond donors (Lipinski definition) is 0. The predicted octanol–water partition coefficient (Wildman–Crippen LogP) is 2.34. The van der Waals surface area contributed by atoms with Gasteiger partial charge in [-0.25, -0.2) is 4.79 Å². The molecule has 0 aromatic heterocycles. The number of rotatable bonds is 1. The molecule has 1 fully saturated rings. The Bertz CT molecular complexity index is 283. The van der Waals surface area contributed by atoms with E-state index in [4.69, 9.17) is 4.74 Å². The van der Waals surface area contributed by atoms with Crippen LogP contribution in [0.5, 0.6) is 0 Å². The van der Waals surface area contributed by atoms with Crippen molar-refractivity contribution in [2.45, 2.75) is 58.7 Å². The van der Waals surface area contributed by atoms with Crippen molar-refractivity contribution in [1.82, 2.24) is 9.80 Å². The zero-order valence-corrected chi connectivity index (χ0v) is 12.2. The Hall–Kier alpha value is -0.770. The number of carbonyl (C=O) groups excluding carboxylic acids is 1. The first-order valence-corrected chi connectivity index (χ1v) is 6.21. The van der Waals surface area contributed by atoms with E-state index in [-0.39, 0.29) is 11.6 Å². The number of nitrogens with zero attached hydrogens (tertiary/aromatic N) is 2. The third-order valence-corrected chi connectivity index (χ3v) is 3.12. The number of likely N-dealkylation sites (tertiary alicyclic amines) is 1. The fraction of sp³-hybridized carbons (Fsp3) is 0.923. The molecule has 1 aliphatic rings. The van der Waals surface area contributed by atoms with Gasteiger partial charge in [0, 0.05) is 24.7 Å². The number of hydrogen-bond acceptors (Lipinski definition) is 3. The molecule has 0 N–H and O–H groups in total. The predicted molar refractivity (Wildman–Crippen MR) is 69.1 cm³/mol. The molecular formula is C13H26N2O2. The van der Waals surface area contributed by atoms with Gasteiger partial charge in [-0.1, -0.05) is 0 Å². The number of carbonyl (C=O) groups is 1. The first-order valence-electron chi connectivity index (χ1n) is 6.21. The summed E-state index contributed by atoms with van der Waals surface area (Å²) in [6.45, 7) is 13.8. The second-order valence-electron chi connectivity index (χ2n) is 6.82. The quantitative estimate of drug-likeness (QED) is 0.707. The van der Waals surface area contributed by atoms with Crippen LogP contribution in [0.3, 0.4) is 0 Å². The third kappa shape index (κ3) is 3.87. The van der Waals surface area contributed by atoms with E-state index in [9.17, 15) is 4.79 Å². The summed E-state index contributed by atoms with van der Waals surface area (Å²) in [4.78, 5) is 15.8. The molecule has 1 aliphatic heterocycles. The summed E-state index contributed by atoms with van der Waals surface area (Å²) in [5.41, 5.74) is -0.261. The minimum Gasteiger partial charge on any atom is -0.444 e. The highest BCUT2D eigenvalue weighted by atomic mass is 16.6. The molecule has 0 atom stereocenters. The minimum absolute atomic E-state index is 0.144. The Labute approximate surface area is 105 Å². The van der Waals surface area contributed by atoms with Crippen LogP contribution in [0.2, 0.25) is 0 Å². The van der Waals surface area contributed by atoms with Crippen LogP contribution in [0.25, 0.3) is 0 Å². The van der Waals surface area contributed by atoms with E-state index in [0.29, 0.717) is 6.04 Å². The average molecular weight is 242 g/mol. The average Bonchev–Trinajstić information content (AvgIpc) is 1.94. The number of amides is 1. The smallest absolute Gasteiger partial charge is 0.410 e. The Morgan fingerprint density at radius 3 is 2.00 bits per heavy atom. The third-order valence-electron chi connectivity index (χ3n) is 3.12. The molecule has 1 rings (SSSR count). The van der Waals surface area contributed by atoms with Gasteiger partial charge in [0.2, 0.25) is 0 Å². The van der Waals surface area contributed by atoms with Crippen molar-refractivity contribution < 1.29 is 9.53 Å². The van der Waals surface area contributed by atoms with Gasteiger partial charge in [0.25, 0.3) is 0 Å². The molecule has 0 radical (unpaired) electrons. The van der Waals surface area contributed by atoms with Crippen LogP contribution in [0.15, 0.2) is 0 Å². The van der Waals surface area contributed by atoms with Crippen LogP contribution >= 0.6 is 0 Å². The molecule has 100 valence electrons. The molecule has 0 aliphatic carbocycles. The van der Waals surface area contributed by atoms with Gasteiger partial charge in [0.1, 0.15) is 5.60 Å². The monoisotopic (exact) mass is 242 g/mol. The molecule has 0 aromatic carbocycles. The molecular weight excluding hydrogens is 216 g/mol. The molecule has 0 spiro atoms. The molecule has 1 amide bonds. The lowest BCUT2D eigenvalue weighted by atomic mass is 10.00. The van der Waals surface area contributed by atoms with Crippen molar-refractivity contribution >= 4 is 6.09 Å². The van der Waals surface area contributed by atoms with Crippen LogP contribution in [0.4, 0.5) is 4.79 Å². The lowest BCUT2D eigenvalue weighted by Crippen LogP contribution is -2.64. The van der Waals surface area contributed by atoms with Gasteiger partial charge in [0.15, 0.2) is 0 Å². The van der Waals surface area contributed by atoms with Crippen molar-refractivity contribution in [2.24, 2.45) is 0 Å². The van der Waals surface area contributed by atoms with Gasteiger partial charge in [0.05, 0.1) is 0 Å². The lowest BCUT2D eigenvalue weighted by molar-refractivity contribution is -0.0273. The summed E-state index contributed by atoms with van der Waals surface area (Å²) in [5.74, 6) is 0. The summed E-state index contributed by atoms with van der Waals surface area (Å²) in [5, 5.41) is 0. The second kappa shape index (κ2) is 4.48. The van der Waals surface area contributed by atoms with E-state index in [1.54, 1.807) is 4.90 Å². The zero-order chi connectivity index (χ0) is 13.4. The maximum atomic E-state index is 11.7. The highest BCUT2D eigenvalue weighted by Gasteiger charge is 2.38. The molecule has 1 saturated heterocycles. The summed E-state index contributed by atoms with van der Waals surface area (Å²) < 4.78 is 5.32. The van der Waals surface area contributed by atoms with Crippen LogP contribution in [0, 0.1) is 0 Å². The second-order valence-corrected chi connectivity index (χ2v) is 6.82. The molecule has 0 saturated carbocycles. The Kier molecular flexibility index (Phi) is 3.77.